The minimum absolute atomic E-state index is 0.0495. The minimum atomic E-state index is -0.0495. The van der Waals surface area contributed by atoms with Crippen molar-refractivity contribution in [2.45, 2.75) is 32.6 Å². The van der Waals surface area contributed by atoms with Crippen molar-refractivity contribution in [3.63, 3.8) is 0 Å². The van der Waals surface area contributed by atoms with Gasteiger partial charge in [0.25, 0.3) is 0 Å². The monoisotopic (exact) mass is 265 g/mol. The Morgan fingerprint density at radius 1 is 1.33 bits per heavy atom. The third kappa shape index (κ3) is 2.59. The van der Waals surface area contributed by atoms with Crippen molar-refractivity contribution < 1.29 is 0 Å². The van der Waals surface area contributed by atoms with Crippen molar-refractivity contribution >= 4 is 11.3 Å². The first kappa shape index (κ1) is 13.2. The maximum atomic E-state index is 5.53. The number of aryl methyl sites for hydroxylation is 1. The quantitative estimate of drug-likeness (QED) is 0.917. The first-order valence-electron chi connectivity index (χ1n) is 5.98. The van der Waals surface area contributed by atoms with Crippen LogP contribution in [0.3, 0.4) is 0 Å². The molecule has 6 heteroatoms. The van der Waals surface area contributed by atoms with Gasteiger partial charge in [-0.05, 0) is 6.54 Å². The summed E-state index contributed by atoms with van der Waals surface area (Å²) in [5, 5.41) is 7.52. The number of hydrogen-bond acceptors (Lipinski definition) is 5. The normalized spacial score (nSPS) is 12.1. The Kier molecular flexibility index (Phi) is 3.49. The van der Waals surface area contributed by atoms with Crippen LogP contribution in [0, 0.1) is 0 Å². The van der Waals surface area contributed by atoms with Crippen molar-refractivity contribution in [2.24, 2.45) is 12.8 Å². The lowest BCUT2D eigenvalue weighted by Gasteiger charge is -2.11. The Balaban J connectivity index is 2.35. The van der Waals surface area contributed by atoms with Crippen molar-refractivity contribution in [3.8, 4) is 11.5 Å². The van der Waals surface area contributed by atoms with Crippen LogP contribution in [0.15, 0.2) is 5.38 Å². The first-order valence-corrected chi connectivity index (χ1v) is 6.86. The molecule has 0 saturated carbocycles. The first-order chi connectivity index (χ1) is 8.41. The molecule has 5 nitrogen and oxygen atoms in total. The van der Waals surface area contributed by atoms with Crippen molar-refractivity contribution in [3.05, 3.63) is 16.2 Å². The summed E-state index contributed by atoms with van der Waals surface area (Å²) < 4.78 is 1.79. The molecule has 0 atom stereocenters. The number of thiazole rings is 1. The molecular weight excluding hydrogens is 246 g/mol. The van der Waals surface area contributed by atoms with Crippen LogP contribution >= 0.6 is 11.3 Å². The molecule has 0 amide bonds. The fourth-order valence-corrected chi connectivity index (χ4v) is 2.37. The predicted molar refractivity (Wildman–Crippen MR) is 73.6 cm³/mol. The summed E-state index contributed by atoms with van der Waals surface area (Å²) in [6.07, 6.45) is 0.814. The lowest BCUT2D eigenvalue weighted by Crippen LogP contribution is -2.13. The van der Waals surface area contributed by atoms with E-state index in [0.29, 0.717) is 6.54 Å². The average Bonchev–Trinajstić information content (AvgIpc) is 2.84. The molecular formula is C12H19N5S. The van der Waals surface area contributed by atoms with Gasteiger partial charge < -0.3 is 5.73 Å². The summed E-state index contributed by atoms with van der Waals surface area (Å²) in [6.45, 7) is 6.94. The van der Waals surface area contributed by atoms with Crippen molar-refractivity contribution in [2.75, 3.05) is 6.54 Å². The minimum Gasteiger partial charge on any atom is -0.330 e. The van der Waals surface area contributed by atoms with Gasteiger partial charge in [-0.1, -0.05) is 20.8 Å². The van der Waals surface area contributed by atoms with E-state index in [1.54, 1.807) is 16.0 Å². The van der Waals surface area contributed by atoms with Crippen LogP contribution in [0.4, 0.5) is 0 Å². The molecule has 0 fully saturated rings. The van der Waals surface area contributed by atoms with Gasteiger partial charge in [-0.15, -0.1) is 11.3 Å². The molecule has 98 valence electrons. The fourth-order valence-electron chi connectivity index (χ4n) is 1.58. The van der Waals surface area contributed by atoms with Crippen LogP contribution in [0.5, 0.6) is 0 Å². The summed E-state index contributed by atoms with van der Waals surface area (Å²) in [6, 6.07) is 0. The fraction of sp³-hybridized carbons (Fsp3) is 0.583. The van der Waals surface area contributed by atoms with Crippen LogP contribution in [0.2, 0.25) is 0 Å². The maximum Gasteiger partial charge on any atom is 0.177 e. The Labute approximate surface area is 111 Å². The predicted octanol–water partition coefficient (Wildman–Crippen LogP) is 1.74. The summed E-state index contributed by atoms with van der Waals surface area (Å²) in [5.74, 6) is 1.66. The second kappa shape index (κ2) is 4.78. The molecule has 0 aliphatic heterocycles. The zero-order valence-electron chi connectivity index (χ0n) is 11.3. The zero-order valence-corrected chi connectivity index (χ0v) is 12.1. The molecule has 0 bridgehead atoms. The third-order valence-electron chi connectivity index (χ3n) is 2.57. The highest BCUT2D eigenvalue weighted by Crippen LogP contribution is 2.24. The molecule has 0 unspecified atom stereocenters. The van der Waals surface area contributed by atoms with Crippen LogP contribution in [-0.2, 0) is 18.9 Å². The molecule has 0 spiro atoms. The number of nitrogens with two attached hydrogens (primary N) is 1. The van der Waals surface area contributed by atoms with E-state index >= 15 is 0 Å². The topological polar surface area (TPSA) is 69.6 Å². The Morgan fingerprint density at radius 2 is 2.06 bits per heavy atom. The highest BCUT2D eigenvalue weighted by Gasteiger charge is 2.22. The summed E-state index contributed by atoms with van der Waals surface area (Å²) in [5.41, 5.74) is 6.37. The summed E-state index contributed by atoms with van der Waals surface area (Å²) in [7, 11) is 1.90. The Bertz CT molecular complexity index is 535. The van der Waals surface area contributed by atoms with Crippen LogP contribution in [-0.4, -0.2) is 26.3 Å². The number of nitrogens with zero attached hydrogens (tertiary/aromatic N) is 4. The molecule has 2 aromatic rings. The van der Waals surface area contributed by atoms with E-state index in [9.17, 15) is 0 Å². The highest BCUT2D eigenvalue weighted by atomic mass is 32.1. The molecule has 2 heterocycles. The van der Waals surface area contributed by atoms with E-state index in [1.807, 2.05) is 12.4 Å². The van der Waals surface area contributed by atoms with Crippen molar-refractivity contribution in [1.29, 1.82) is 0 Å². The third-order valence-corrected chi connectivity index (χ3v) is 3.48. The van der Waals surface area contributed by atoms with Gasteiger partial charge in [0.15, 0.2) is 11.6 Å². The van der Waals surface area contributed by atoms with Gasteiger partial charge in [-0.3, -0.25) is 0 Å². The van der Waals surface area contributed by atoms with Crippen LogP contribution in [0.1, 0.15) is 31.6 Å². The molecule has 0 radical (unpaired) electrons. The summed E-state index contributed by atoms with van der Waals surface area (Å²) >= 11 is 1.62. The van der Waals surface area contributed by atoms with Gasteiger partial charge >= 0.3 is 0 Å². The molecule has 2 N–H and O–H groups in total. The second-order valence-corrected chi connectivity index (χ2v) is 6.24. The number of hydrogen-bond donors (Lipinski definition) is 1. The molecule has 2 rings (SSSR count). The number of rotatable bonds is 3. The van der Waals surface area contributed by atoms with E-state index in [1.165, 1.54) is 0 Å². The Morgan fingerprint density at radius 3 is 2.61 bits per heavy atom. The van der Waals surface area contributed by atoms with Crippen LogP contribution < -0.4 is 5.73 Å². The van der Waals surface area contributed by atoms with Crippen LogP contribution in [0.25, 0.3) is 11.5 Å². The van der Waals surface area contributed by atoms with E-state index in [4.69, 9.17) is 5.73 Å². The van der Waals surface area contributed by atoms with Gasteiger partial charge in [0, 0.05) is 24.3 Å². The highest BCUT2D eigenvalue weighted by molar-refractivity contribution is 7.09. The van der Waals surface area contributed by atoms with Gasteiger partial charge in [-0.25, -0.2) is 14.6 Å². The average molecular weight is 265 g/mol. The molecule has 2 aromatic heterocycles. The smallest absolute Gasteiger partial charge is 0.177 e. The second-order valence-electron chi connectivity index (χ2n) is 5.30. The molecule has 18 heavy (non-hydrogen) atoms. The van der Waals surface area contributed by atoms with E-state index < -0.39 is 0 Å². The molecule has 0 aliphatic rings. The lowest BCUT2D eigenvalue weighted by atomic mass is 9.96. The van der Waals surface area contributed by atoms with E-state index in [2.05, 4.69) is 35.8 Å². The maximum absolute atomic E-state index is 5.53. The molecule has 0 aliphatic carbocycles. The SMILES string of the molecule is Cn1nc(C(C)(C)C)nc1-c1csc(CCN)n1. The molecule has 0 aromatic carbocycles. The van der Waals surface area contributed by atoms with Gasteiger partial charge in [0.2, 0.25) is 0 Å². The van der Waals surface area contributed by atoms with E-state index in [0.717, 1.165) is 28.8 Å². The lowest BCUT2D eigenvalue weighted by molar-refractivity contribution is 0.538. The van der Waals surface area contributed by atoms with Gasteiger partial charge in [0.05, 0.1) is 5.01 Å². The van der Waals surface area contributed by atoms with Gasteiger partial charge in [0.1, 0.15) is 5.69 Å². The molecule has 0 saturated heterocycles. The Hall–Kier alpha value is -1.27. The van der Waals surface area contributed by atoms with Gasteiger partial charge in [-0.2, -0.15) is 5.10 Å². The largest absolute Gasteiger partial charge is 0.330 e. The standard InChI is InChI=1S/C12H19N5S/c1-12(2,3)11-15-10(17(4)16-11)8-7-18-9(14-8)5-6-13/h7H,5-6,13H2,1-4H3. The van der Waals surface area contributed by atoms with Crippen molar-refractivity contribution in [1.82, 2.24) is 19.7 Å². The van der Waals surface area contributed by atoms with E-state index in [-0.39, 0.29) is 5.41 Å². The zero-order chi connectivity index (χ0) is 13.3. The summed E-state index contributed by atoms with van der Waals surface area (Å²) in [4.78, 5) is 9.13. The number of aromatic nitrogens is 4.